The Kier molecular flexibility index (Phi) is 3.75. The number of carbonyl (C=O) groups excluding carboxylic acids is 2. The van der Waals surface area contributed by atoms with Crippen molar-refractivity contribution < 1.29 is 9.59 Å². The normalized spacial score (nSPS) is 10.3. The lowest BCUT2D eigenvalue weighted by molar-refractivity contribution is 0.111. The van der Waals surface area contributed by atoms with Crippen molar-refractivity contribution in [1.82, 2.24) is 0 Å². The molecule has 3 heteroatoms. The van der Waals surface area contributed by atoms with E-state index in [0.29, 0.717) is 5.56 Å². The fourth-order valence-corrected chi connectivity index (χ4v) is 2.98. The maximum absolute atomic E-state index is 10.7. The Morgan fingerprint density at radius 2 is 1.19 bits per heavy atom. The third-order valence-electron chi connectivity index (χ3n) is 3.29. The molecule has 1 aromatic heterocycles. The zero-order valence-electron chi connectivity index (χ0n) is 11.2. The third-order valence-corrected chi connectivity index (χ3v) is 4.35. The van der Waals surface area contributed by atoms with Crippen molar-refractivity contribution in [2.75, 3.05) is 0 Å². The first kappa shape index (κ1) is 13.5. The van der Waals surface area contributed by atoms with Crippen LogP contribution in [-0.2, 0) is 0 Å². The molecule has 3 rings (SSSR count). The predicted molar refractivity (Wildman–Crippen MR) is 86.0 cm³/mol. The maximum Gasteiger partial charge on any atom is 0.160 e. The summed E-state index contributed by atoms with van der Waals surface area (Å²) in [5.41, 5.74) is 3.95. The van der Waals surface area contributed by atoms with E-state index in [9.17, 15) is 9.59 Å². The first-order valence-corrected chi connectivity index (χ1v) is 7.33. The first-order valence-electron chi connectivity index (χ1n) is 6.51. The summed E-state index contributed by atoms with van der Waals surface area (Å²) in [4.78, 5) is 23.2. The van der Waals surface area contributed by atoms with Gasteiger partial charge in [-0.1, -0.05) is 48.5 Å². The Balaban J connectivity index is 1.89. The van der Waals surface area contributed by atoms with Gasteiger partial charge in [-0.05, 0) is 28.8 Å². The molecule has 0 unspecified atom stereocenters. The average molecular weight is 292 g/mol. The Morgan fingerprint density at radius 1 is 0.619 bits per heavy atom. The van der Waals surface area contributed by atoms with E-state index in [4.69, 9.17) is 0 Å². The number of rotatable bonds is 4. The van der Waals surface area contributed by atoms with Gasteiger partial charge in [0.1, 0.15) is 6.29 Å². The second kappa shape index (κ2) is 5.85. The van der Waals surface area contributed by atoms with Crippen LogP contribution in [0.4, 0.5) is 0 Å². The number of benzene rings is 2. The largest absolute Gasteiger partial charge is 0.298 e. The van der Waals surface area contributed by atoms with Gasteiger partial charge in [0, 0.05) is 10.4 Å². The number of carbonyl (C=O) groups is 2. The molecule has 3 aromatic rings. The average Bonchev–Trinajstić information content (AvgIpc) is 3.04. The van der Waals surface area contributed by atoms with Crippen LogP contribution in [-0.4, -0.2) is 12.6 Å². The van der Waals surface area contributed by atoms with Crippen LogP contribution in [0.15, 0.2) is 60.7 Å². The van der Waals surface area contributed by atoms with E-state index < -0.39 is 0 Å². The van der Waals surface area contributed by atoms with Crippen molar-refractivity contribution in [3.05, 3.63) is 71.1 Å². The lowest BCUT2D eigenvalue weighted by Gasteiger charge is -2.03. The van der Waals surface area contributed by atoms with Crippen LogP contribution in [0.3, 0.4) is 0 Å². The minimum Gasteiger partial charge on any atom is -0.298 e. The fraction of sp³-hybridized carbons (Fsp3) is 0. The third kappa shape index (κ3) is 2.83. The molecule has 2 nitrogen and oxygen atoms in total. The molecule has 0 radical (unpaired) electrons. The number of thiophene rings is 1. The van der Waals surface area contributed by atoms with E-state index >= 15 is 0 Å². The first-order chi connectivity index (χ1) is 10.3. The maximum atomic E-state index is 10.7. The minimum atomic E-state index is 0.676. The van der Waals surface area contributed by atoms with Crippen molar-refractivity contribution >= 4 is 23.9 Å². The zero-order chi connectivity index (χ0) is 14.7. The van der Waals surface area contributed by atoms with Gasteiger partial charge in [-0.25, -0.2) is 0 Å². The molecular weight excluding hydrogens is 280 g/mol. The SMILES string of the molecule is O=Cc1ccc(-c2ccc(-c3ccc(C=O)s3)cc2)cc1. The molecule has 0 saturated carbocycles. The standard InChI is InChI=1S/C18H12O2S/c19-11-13-1-3-14(4-2-13)15-5-7-16(8-6-15)18-10-9-17(12-20)21-18/h1-12H. The highest BCUT2D eigenvalue weighted by Crippen LogP contribution is 2.29. The molecule has 102 valence electrons. The molecule has 0 bridgehead atoms. The van der Waals surface area contributed by atoms with Crippen LogP contribution >= 0.6 is 11.3 Å². The van der Waals surface area contributed by atoms with Crippen molar-refractivity contribution in [2.45, 2.75) is 0 Å². The van der Waals surface area contributed by atoms with E-state index in [2.05, 4.69) is 0 Å². The van der Waals surface area contributed by atoms with Crippen molar-refractivity contribution in [1.29, 1.82) is 0 Å². The fourth-order valence-electron chi connectivity index (χ4n) is 2.15. The summed E-state index contributed by atoms with van der Waals surface area (Å²) in [5, 5.41) is 0. The number of aldehydes is 2. The van der Waals surface area contributed by atoms with Gasteiger partial charge in [-0.15, -0.1) is 11.3 Å². The summed E-state index contributed by atoms with van der Waals surface area (Å²) in [6.07, 6.45) is 1.71. The van der Waals surface area contributed by atoms with Gasteiger partial charge in [0.15, 0.2) is 6.29 Å². The van der Waals surface area contributed by atoms with Crippen LogP contribution in [0.25, 0.3) is 21.6 Å². The molecule has 2 aromatic carbocycles. The van der Waals surface area contributed by atoms with E-state index in [1.807, 2.05) is 60.7 Å². The topological polar surface area (TPSA) is 34.1 Å². The second-order valence-electron chi connectivity index (χ2n) is 4.64. The van der Waals surface area contributed by atoms with Crippen LogP contribution in [0.5, 0.6) is 0 Å². The van der Waals surface area contributed by atoms with E-state index in [1.165, 1.54) is 11.3 Å². The molecule has 0 N–H and O–H groups in total. The monoisotopic (exact) mass is 292 g/mol. The summed E-state index contributed by atoms with van der Waals surface area (Å²) in [5.74, 6) is 0. The summed E-state index contributed by atoms with van der Waals surface area (Å²) >= 11 is 1.49. The summed E-state index contributed by atoms with van der Waals surface area (Å²) < 4.78 is 0. The lowest BCUT2D eigenvalue weighted by Crippen LogP contribution is -1.81. The highest BCUT2D eigenvalue weighted by molar-refractivity contribution is 7.17. The van der Waals surface area contributed by atoms with Crippen LogP contribution < -0.4 is 0 Å². The van der Waals surface area contributed by atoms with Crippen LogP contribution in [0.1, 0.15) is 20.0 Å². The molecule has 1 heterocycles. The van der Waals surface area contributed by atoms with Gasteiger partial charge in [0.05, 0.1) is 4.88 Å². The van der Waals surface area contributed by atoms with Crippen molar-refractivity contribution in [2.24, 2.45) is 0 Å². The predicted octanol–water partition coefficient (Wildman–Crippen LogP) is 4.71. The van der Waals surface area contributed by atoms with Gasteiger partial charge in [0.2, 0.25) is 0 Å². The molecule has 0 aliphatic rings. The Hall–Kier alpha value is -2.52. The van der Waals surface area contributed by atoms with Crippen LogP contribution in [0, 0.1) is 0 Å². The molecule has 0 amide bonds. The molecule has 0 saturated heterocycles. The molecule has 0 fully saturated rings. The zero-order valence-corrected chi connectivity index (χ0v) is 12.0. The molecule has 0 atom stereocenters. The van der Waals surface area contributed by atoms with Gasteiger partial charge in [0.25, 0.3) is 0 Å². The highest BCUT2D eigenvalue weighted by atomic mass is 32.1. The molecular formula is C18H12O2S. The second-order valence-corrected chi connectivity index (χ2v) is 5.75. The summed E-state index contributed by atoms with van der Waals surface area (Å²) in [6, 6.07) is 19.5. The number of hydrogen-bond donors (Lipinski definition) is 0. The van der Waals surface area contributed by atoms with Gasteiger partial charge in [-0.3, -0.25) is 9.59 Å². The Morgan fingerprint density at radius 3 is 1.71 bits per heavy atom. The summed E-state index contributed by atoms with van der Waals surface area (Å²) in [6.45, 7) is 0. The van der Waals surface area contributed by atoms with Crippen LogP contribution in [0.2, 0.25) is 0 Å². The van der Waals surface area contributed by atoms with Gasteiger partial charge in [-0.2, -0.15) is 0 Å². The molecule has 21 heavy (non-hydrogen) atoms. The van der Waals surface area contributed by atoms with E-state index in [1.54, 1.807) is 0 Å². The smallest absolute Gasteiger partial charge is 0.160 e. The highest BCUT2D eigenvalue weighted by Gasteiger charge is 2.03. The Bertz CT molecular complexity index is 768. The molecule has 0 aliphatic carbocycles. The van der Waals surface area contributed by atoms with Gasteiger partial charge < -0.3 is 0 Å². The summed E-state index contributed by atoms with van der Waals surface area (Å²) in [7, 11) is 0. The molecule has 0 spiro atoms. The Labute approximate surface area is 126 Å². The van der Waals surface area contributed by atoms with E-state index in [-0.39, 0.29) is 0 Å². The number of hydrogen-bond acceptors (Lipinski definition) is 3. The lowest BCUT2D eigenvalue weighted by atomic mass is 10.0. The quantitative estimate of drug-likeness (QED) is 0.653. The van der Waals surface area contributed by atoms with Gasteiger partial charge >= 0.3 is 0 Å². The van der Waals surface area contributed by atoms with E-state index in [0.717, 1.165) is 39.0 Å². The molecule has 0 aliphatic heterocycles. The minimum absolute atomic E-state index is 0.676. The van der Waals surface area contributed by atoms with Crippen molar-refractivity contribution in [3.63, 3.8) is 0 Å². The van der Waals surface area contributed by atoms with Crippen molar-refractivity contribution in [3.8, 4) is 21.6 Å².